The average Bonchev–Trinajstić information content (AvgIpc) is 3.38. The summed E-state index contributed by atoms with van der Waals surface area (Å²) in [5.41, 5.74) is 4.35. The van der Waals surface area contributed by atoms with Gasteiger partial charge in [0.05, 0.1) is 30.6 Å². The summed E-state index contributed by atoms with van der Waals surface area (Å²) < 4.78 is 15.0. The Morgan fingerprint density at radius 1 is 1.15 bits per heavy atom. The summed E-state index contributed by atoms with van der Waals surface area (Å²) in [6.45, 7) is 6.56. The molecule has 0 aliphatic carbocycles. The predicted molar refractivity (Wildman–Crippen MR) is 130 cm³/mol. The second-order valence-corrected chi connectivity index (χ2v) is 7.76. The Labute approximate surface area is 199 Å². The molecule has 1 atom stereocenters. The van der Waals surface area contributed by atoms with Crippen LogP contribution in [0.5, 0.6) is 5.75 Å². The number of fused-ring (bicyclic) bond motifs is 1. The number of ether oxygens (including phenoxy) is 2. The number of carbonyl (C=O) groups is 1. The number of carbonyl (C=O) groups excluding carboxylic acids is 1. The molecule has 0 saturated heterocycles. The number of halogens is 1. The van der Waals surface area contributed by atoms with Crippen LogP contribution in [0.4, 0.5) is 0 Å². The molecule has 0 spiro atoms. The zero-order chi connectivity index (χ0) is 22.7. The molecular formula is C25H28ClN3O4. The van der Waals surface area contributed by atoms with E-state index in [2.05, 4.69) is 9.55 Å². The van der Waals surface area contributed by atoms with Crippen molar-refractivity contribution in [2.45, 2.75) is 33.4 Å². The van der Waals surface area contributed by atoms with Crippen LogP contribution < -0.4 is 4.74 Å². The first kappa shape index (κ1) is 24.4. The van der Waals surface area contributed by atoms with Crippen molar-refractivity contribution in [1.82, 2.24) is 14.1 Å². The second kappa shape index (κ2) is 10.6. The summed E-state index contributed by atoms with van der Waals surface area (Å²) in [6, 6.07) is 13.8. The molecule has 0 fully saturated rings. The maximum atomic E-state index is 12.8. The van der Waals surface area contributed by atoms with E-state index in [4.69, 9.17) is 9.47 Å². The quantitative estimate of drug-likeness (QED) is 0.385. The van der Waals surface area contributed by atoms with Gasteiger partial charge in [0.2, 0.25) is 0 Å². The molecule has 0 bridgehead atoms. The van der Waals surface area contributed by atoms with Crippen molar-refractivity contribution in [3.05, 3.63) is 78.0 Å². The van der Waals surface area contributed by atoms with Crippen LogP contribution in [-0.2, 0) is 11.3 Å². The maximum absolute atomic E-state index is 12.8. The minimum atomic E-state index is -0.691. The van der Waals surface area contributed by atoms with Crippen molar-refractivity contribution in [3.63, 3.8) is 0 Å². The number of rotatable bonds is 8. The Balaban J connectivity index is 0.00000306. The van der Waals surface area contributed by atoms with Gasteiger partial charge in [-0.1, -0.05) is 17.7 Å². The van der Waals surface area contributed by atoms with Crippen molar-refractivity contribution in [1.29, 1.82) is 0 Å². The van der Waals surface area contributed by atoms with Crippen LogP contribution in [0.25, 0.3) is 16.6 Å². The fraction of sp³-hybridized carbons (Fsp3) is 0.280. The summed E-state index contributed by atoms with van der Waals surface area (Å²) in [6.07, 6.45) is 4.41. The van der Waals surface area contributed by atoms with E-state index in [-0.39, 0.29) is 25.0 Å². The number of imidazole rings is 1. The van der Waals surface area contributed by atoms with Crippen LogP contribution in [0.2, 0.25) is 0 Å². The standard InChI is InChI=1S/C25H27N3O4.ClH/c1-4-31-25(30)24-18(3)28(19-7-5-17(2)6-8-19)23-10-9-21(13-22(23)24)32-15-20(29)14-27-12-11-26-16-27;/h5-13,16,20,29H,4,14-15H2,1-3H3;1H. The van der Waals surface area contributed by atoms with Gasteiger partial charge in [0.25, 0.3) is 0 Å². The number of aromatic nitrogens is 3. The number of benzene rings is 2. The molecule has 0 aliphatic heterocycles. The Bertz CT molecular complexity index is 1220. The zero-order valence-corrected chi connectivity index (χ0v) is 19.7. The fourth-order valence-electron chi connectivity index (χ4n) is 3.86. The SMILES string of the molecule is CCOC(=O)c1c(C)n(-c2ccc(C)cc2)c2ccc(OCC(O)Cn3ccnc3)cc12.Cl. The topological polar surface area (TPSA) is 78.5 Å². The summed E-state index contributed by atoms with van der Waals surface area (Å²) in [4.78, 5) is 16.8. The number of aliphatic hydroxyl groups is 1. The molecule has 2 aromatic heterocycles. The number of hydrogen-bond acceptors (Lipinski definition) is 5. The Morgan fingerprint density at radius 3 is 2.58 bits per heavy atom. The molecule has 0 saturated carbocycles. The molecule has 0 amide bonds. The van der Waals surface area contributed by atoms with Crippen LogP contribution in [-0.4, -0.2) is 44.5 Å². The highest BCUT2D eigenvalue weighted by Crippen LogP contribution is 2.32. The average molecular weight is 470 g/mol. The predicted octanol–water partition coefficient (Wildman–Crippen LogP) is 4.48. The number of aliphatic hydroxyl groups excluding tert-OH is 1. The Morgan fingerprint density at radius 2 is 1.91 bits per heavy atom. The van der Waals surface area contributed by atoms with Crippen LogP contribution >= 0.6 is 12.4 Å². The van der Waals surface area contributed by atoms with Gasteiger partial charge in [-0.25, -0.2) is 9.78 Å². The van der Waals surface area contributed by atoms with E-state index in [1.165, 1.54) is 5.56 Å². The summed E-state index contributed by atoms with van der Waals surface area (Å²) >= 11 is 0. The van der Waals surface area contributed by atoms with Gasteiger partial charge >= 0.3 is 5.97 Å². The van der Waals surface area contributed by atoms with Crippen LogP contribution in [0.3, 0.4) is 0 Å². The molecule has 174 valence electrons. The third-order valence-electron chi connectivity index (χ3n) is 5.37. The first-order valence-electron chi connectivity index (χ1n) is 10.6. The highest BCUT2D eigenvalue weighted by molar-refractivity contribution is 6.07. The van der Waals surface area contributed by atoms with Crippen molar-refractivity contribution in [2.24, 2.45) is 0 Å². The van der Waals surface area contributed by atoms with E-state index in [9.17, 15) is 9.90 Å². The number of hydrogen-bond donors (Lipinski definition) is 1. The second-order valence-electron chi connectivity index (χ2n) is 7.76. The largest absolute Gasteiger partial charge is 0.491 e. The van der Waals surface area contributed by atoms with Gasteiger partial charge in [-0.05, 0) is 51.1 Å². The molecule has 1 unspecified atom stereocenters. The van der Waals surface area contributed by atoms with Gasteiger partial charge in [0.1, 0.15) is 18.5 Å². The maximum Gasteiger partial charge on any atom is 0.340 e. The minimum absolute atomic E-state index is 0. The van der Waals surface area contributed by atoms with E-state index >= 15 is 0 Å². The van der Waals surface area contributed by atoms with Crippen molar-refractivity contribution < 1.29 is 19.4 Å². The molecule has 0 aliphatic rings. The fourth-order valence-corrected chi connectivity index (χ4v) is 3.86. The Kier molecular flexibility index (Phi) is 7.79. The Hall–Kier alpha value is -3.29. The number of aryl methyl sites for hydroxylation is 1. The third-order valence-corrected chi connectivity index (χ3v) is 5.37. The van der Waals surface area contributed by atoms with E-state index in [1.54, 1.807) is 30.2 Å². The first-order chi connectivity index (χ1) is 15.5. The van der Waals surface area contributed by atoms with Crippen LogP contribution in [0.15, 0.2) is 61.2 Å². The number of esters is 1. The molecule has 4 aromatic rings. The van der Waals surface area contributed by atoms with Crippen LogP contribution in [0.1, 0.15) is 28.5 Å². The molecule has 33 heavy (non-hydrogen) atoms. The lowest BCUT2D eigenvalue weighted by Crippen LogP contribution is -2.22. The van der Waals surface area contributed by atoms with E-state index < -0.39 is 6.10 Å². The van der Waals surface area contributed by atoms with Gasteiger partial charge < -0.3 is 23.7 Å². The van der Waals surface area contributed by atoms with Crippen molar-refractivity contribution in [2.75, 3.05) is 13.2 Å². The lowest BCUT2D eigenvalue weighted by atomic mass is 10.1. The van der Waals surface area contributed by atoms with E-state index in [0.717, 1.165) is 22.3 Å². The molecule has 2 aromatic carbocycles. The smallest absolute Gasteiger partial charge is 0.340 e. The molecule has 8 heteroatoms. The third kappa shape index (κ3) is 5.21. The summed E-state index contributed by atoms with van der Waals surface area (Å²) in [5.74, 6) is 0.215. The molecule has 7 nitrogen and oxygen atoms in total. The molecule has 2 heterocycles. The highest BCUT2D eigenvalue weighted by Gasteiger charge is 2.22. The van der Waals surface area contributed by atoms with Gasteiger partial charge in [-0.3, -0.25) is 0 Å². The van der Waals surface area contributed by atoms with E-state index in [1.807, 2.05) is 56.3 Å². The van der Waals surface area contributed by atoms with Crippen molar-refractivity contribution >= 4 is 29.3 Å². The normalized spacial score (nSPS) is 11.8. The van der Waals surface area contributed by atoms with Gasteiger partial charge in [0.15, 0.2) is 0 Å². The first-order valence-corrected chi connectivity index (χ1v) is 10.6. The zero-order valence-electron chi connectivity index (χ0n) is 18.9. The minimum Gasteiger partial charge on any atom is -0.491 e. The van der Waals surface area contributed by atoms with Gasteiger partial charge in [-0.2, -0.15) is 0 Å². The summed E-state index contributed by atoms with van der Waals surface area (Å²) in [5, 5.41) is 11.0. The molecular weight excluding hydrogens is 442 g/mol. The lowest BCUT2D eigenvalue weighted by Gasteiger charge is -2.13. The molecule has 4 rings (SSSR count). The number of nitrogens with zero attached hydrogens (tertiary/aromatic N) is 3. The molecule has 0 radical (unpaired) electrons. The van der Waals surface area contributed by atoms with E-state index in [0.29, 0.717) is 24.5 Å². The molecule has 1 N–H and O–H groups in total. The van der Waals surface area contributed by atoms with Gasteiger partial charge in [0, 0.05) is 29.2 Å². The van der Waals surface area contributed by atoms with Crippen molar-refractivity contribution in [3.8, 4) is 11.4 Å². The monoisotopic (exact) mass is 469 g/mol. The van der Waals surface area contributed by atoms with Crippen LogP contribution in [0, 0.1) is 13.8 Å². The van der Waals surface area contributed by atoms with Gasteiger partial charge in [-0.15, -0.1) is 12.4 Å². The highest BCUT2D eigenvalue weighted by atomic mass is 35.5. The lowest BCUT2D eigenvalue weighted by molar-refractivity contribution is 0.0527. The summed E-state index contributed by atoms with van der Waals surface area (Å²) in [7, 11) is 0.